The molecule has 1 fully saturated rings. The van der Waals surface area contributed by atoms with Crippen molar-refractivity contribution in [3.63, 3.8) is 0 Å². The van der Waals surface area contributed by atoms with E-state index in [0.29, 0.717) is 0 Å². The number of rotatable bonds is 7. The van der Waals surface area contributed by atoms with Gasteiger partial charge in [0.15, 0.2) is 0 Å². The number of nitrogens with one attached hydrogen (secondary N) is 1. The van der Waals surface area contributed by atoms with Gasteiger partial charge in [-0.1, -0.05) is 18.2 Å². The molecule has 1 saturated heterocycles. The lowest BCUT2D eigenvalue weighted by Crippen LogP contribution is -2.46. The van der Waals surface area contributed by atoms with E-state index < -0.39 is 17.7 Å². The number of benzene rings is 2. The zero-order valence-electron chi connectivity index (χ0n) is 17.4. The van der Waals surface area contributed by atoms with Crippen LogP contribution in [0.15, 0.2) is 42.5 Å². The van der Waals surface area contributed by atoms with E-state index in [2.05, 4.69) is 5.32 Å². The molecule has 0 spiro atoms. The van der Waals surface area contributed by atoms with Crippen LogP contribution in [0.2, 0.25) is 0 Å². The number of hydrogen-bond donors (Lipinski definition) is 1. The van der Waals surface area contributed by atoms with Crippen molar-refractivity contribution in [2.24, 2.45) is 0 Å². The summed E-state index contributed by atoms with van der Waals surface area (Å²) in [4.78, 5) is 14.4. The van der Waals surface area contributed by atoms with Crippen molar-refractivity contribution < 1.29 is 23.0 Å². The molecule has 0 aromatic heterocycles. The van der Waals surface area contributed by atoms with Crippen molar-refractivity contribution in [2.75, 3.05) is 13.1 Å². The maximum atomic E-state index is 14.2. The normalized spacial score (nSPS) is 14.6. The highest BCUT2D eigenvalue weighted by Crippen LogP contribution is 2.20. The molecule has 1 aliphatic rings. The smallest absolute Gasteiger partial charge is 0.410 e. The van der Waals surface area contributed by atoms with E-state index in [0.717, 1.165) is 43.3 Å². The van der Waals surface area contributed by atoms with Crippen LogP contribution < -0.4 is 10.1 Å². The van der Waals surface area contributed by atoms with E-state index >= 15 is 0 Å². The molecule has 1 heterocycles. The van der Waals surface area contributed by atoms with E-state index in [1.165, 1.54) is 12.1 Å². The fraction of sp³-hybridized carbons (Fsp3) is 0.435. The average Bonchev–Trinajstić information content (AvgIpc) is 2.73. The zero-order chi connectivity index (χ0) is 21.5. The Kier molecular flexibility index (Phi) is 7.63. The molecule has 7 heteroatoms. The third-order valence-electron chi connectivity index (χ3n) is 5.00. The molecule has 0 radical (unpaired) electrons. The van der Waals surface area contributed by atoms with Crippen LogP contribution in [-0.4, -0.2) is 36.2 Å². The van der Waals surface area contributed by atoms with Crippen LogP contribution in [0.25, 0.3) is 0 Å². The first kappa shape index (κ1) is 22.0. The van der Waals surface area contributed by atoms with Crippen LogP contribution in [-0.2, 0) is 17.9 Å². The number of piperidine rings is 1. The SMILES string of the molecule is CC(C)Oc1ccc(COC(=O)N(Cc2ccc(F)cc2F)C2CCNCC2)cc1. The van der Waals surface area contributed by atoms with Crippen LogP contribution in [0.1, 0.15) is 37.8 Å². The number of nitrogens with zero attached hydrogens (tertiary/aromatic N) is 1. The van der Waals surface area contributed by atoms with Crippen molar-refractivity contribution in [2.45, 2.75) is 52.0 Å². The third kappa shape index (κ3) is 6.16. The Morgan fingerprint density at radius 1 is 1.13 bits per heavy atom. The molecule has 1 N–H and O–H groups in total. The lowest BCUT2D eigenvalue weighted by Gasteiger charge is -2.34. The van der Waals surface area contributed by atoms with Gasteiger partial charge >= 0.3 is 6.09 Å². The highest BCUT2D eigenvalue weighted by atomic mass is 19.1. The minimum Gasteiger partial charge on any atom is -0.491 e. The second kappa shape index (κ2) is 10.4. The zero-order valence-corrected chi connectivity index (χ0v) is 17.4. The van der Waals surface area contributed by atoms with Gasteiger partial charge in [0.25, 0.3) is 0 Å². The van der Waals surface area contributed by atoms with E-state index in [4.69, 9.17) is 9.47 Å². The van der Waals surface area contributed by atoms with Gasteiger partial charge in [0.1, 0.15) is 24.0 Å². The molecule has 0 saturated carbocycles. The van der Waals surface area contributed by atoms with Gasteiger partial charge in [0, 0.05) is 17.7 Å². The molecule has 0 aliphatic carbocycles. The van der Waals surface area contributed by atoms with Crippen LogP contribution in [0.5, 0.6) is 5.75 Å². The summed E-state index contributed by atoms with van der Waals surface area (Å²) in [7, 11) is 0. The van der Waals surface area contributed by atoms with E-state index in [9.17, 15) is 13.6 Å². The molecule has 2 aromatic rings. The minimum absolute atomic E-state index is 0.0385. The molecule has 0 atom stereocenters. The maximum Gasteiger partial charge on any atom is 0.410 e. The largest absolute Gasteiger partial charge is 0.491 e. The Bertz CT molecular complexity index is 837. The number of carbonyl (C=O) groups is 1. The Labute approximate surface area is 176 Å². The second-order valence-corrected chi connectivity index (χ2v) is 7.71. The predicted molar refractivity (Wildman–Crippen MR) is 110 cm³/mol. The van der Waals surface area contributed by atoms with Crippen LogP contribution in [0.4, 0.5) is 13.6 Å². The number of amides is 1. The first-order valence-corrected chi connectivity index (χ1v) is 10.3. The Balaban J connectivity index is 1.67. The van der Waals surface area contributed by atoms with Crippen LogP contribution >= 0.6 is 0 Å². The number of hydrogen-bond acceptors (Lipinski definition) is 4. The monoisotopic (exact) mass is 418 g/mol. The fourth-order valence-electron chi connectivity index (χ4n) is 3.46. The fourth-order valence-corrected chi connectivity index (χ4v) is 3.46. The molecule has 30 heavy (non-hydrogen) atoms. The summed E-state index contributed by atoms with van der Waals surface area (Å²) in [6.45, 7) is 5.60. The summed E-state index contributed by atoms with van der Waals surface area (Å²) in [5.41, 5.74) is 1.10. The van der Waals surface area contributed by atoms with Gasteiger partial charge in [0.05, 0.1) is 12.6 Å². The van der Waals surface area contributed by atoms with Gasteiger partial charge in [0.2, 0.25) is 0 Å². The van der Waals surface area contributed by atoms with Crippen molar-refractivity contribution in [3.05, 3.63) is 65.2 Å². The summed E-state index contributed by atoms with van der Waals surface area (Å²) >= 11 is 0. The first-order chi connectivity index (χ1) is 14.4. The molecule has 2 aromatic carbocycles. The molecule has 1 aliphatic heterocycles. The van der Waals surface area contributed by atoms with Gasteiger partial charge in [-0.15, -0.1) is 0 Å². The Morgan fingerprint density at radius 3 is 2.47 bits per heavy atom. The van der Waals surface area contributed by atoms with E-state index in [1.54, 1.807) is 4.90 Å². The summed E-state index contributed by atoms with van der Waals surface area (Å²) in [6, 6.07) is 10.7. The first-order valence-electron chi connectivity index (χ1n) is 10.3. The standard InChI is InChI=1S/C23H28F2N2O3/c1-16(2)30-21-7-3-17(4-8-21)15-29-23(28)27(20-9-11-26-12-10-20)14-18-5-6-19(24)13-22(18)25/h3-8,13,16,20,26H,9-12,14-15H2,1-2H3. The van der Waals surface area contributed by atoms with Crippen molar-refractivity contribution >= 4 is 6.09 Å². The molecule has 1 amide bonds. The molecule has 162 valence electrons. The van der Waals surface area contributed by atoms with E-state index in [1.807, 2.05) is 38.1 Å². The van der Waals surface area contributed by atoms with Crippen molar-refractivity contribution in [1.82, 2.24) is 10.2 Å². The molecule has 3 rings (SSSR count). The van der Waals surface area contributed by atoms with Crippen molar-refractivity contribution in [3.8, 4) is 5.75 Å². The topological polar surface area (TPSA) is 50.8 Å². The summed E-state index contributed by atoms with van der Waals surface area (Å²) < 4.78 is 38.6. The summed E-state index contributed by atoms with van der Waals surface area (Å²) in [6.07, 6.45) is 1.07. The molecule has 0 unspecified atom stereocenters. The van der Waals surface area contributed by atoms with Gasteiger partial charge in [-0.25, -0.2) is 13.6 Å². The highest BCUT2D eigenvalue weighted by molar-refractivity contribution is 5.68. The highest BCUT2D eigenvalue weighted by Gasteiger charge is 2.27. The quantitative estimate of drug-likeness (QED) is 0.712. The number of ether oxygens (including phenoxy) is 2. The molecule has 5 nitrogen and oxygen atoms in total. The Hall–Kier alpha value is -2.67. The summed E-state index contributed by atoms with van der Waals surface area (Å²) in [5.74, 6) is -0.553. The van der Waals surface area contributed by atoms with Crippen molar-refractivity contribution in [1.29, 1.82) is 0 Å². The average molecular weight is 418 g/mol. The van der Waals surface area contributed by atoms with Gasteiger partial charge in [-0.3, -0.25) is 0 Å². The van der Waals surface area contributed by atoms with Gasteiger partial charge in [-0.05, 0) is 63.5 Å². The predicted octanol–water partition coefficient (Wildman–Crippen LogP) is 4.64. The lowest BCUT2D eigenvalue weighted by atomic mass is 10.0. The van der Waals surface area contributed by atoms with Crippen LogP contribution in [0.3, 0.4) is 0 Å². The van der Waals surface area contributed by atoms with Crippen LogP contribution in [0, 0.1) is 11.6 Å². The van der Waals surface area contributed by atoms with Gasteiger partial charge < -0.3 is 19.7 Å². The Morgan fingerprint density at radius 2 is 1.83 bits per heavy atom. The summed E-state index contributed by atoms with van der Waals surface area (Å²) in [5, 5.41) is 3.25. The van der Waals surface area contributed by atoms with E-state index in [-0.39, 0.29) is 30.9 Å². The number of carbonyl (C=O) groups excluding carboxylic acids is 1. The lowest BCUT2D eigenvalue weighted by molar-refractivity contribution is 0.0695. The second-order valence-electron chi connectivity index (χ2n) is 7.71. The minimum atomic E-state index is -0.664. The molecule has 0 bridgehead atoms. The molecular formula is C23H28F2N2O3. The van der Waals surface area contributed by atoms with Gasteiger partial charge in [-0.2, -0.15) is 0 Å². The number of halogens is 2. The maximum absolute atomic E-state index is 14.2. The third-order valence-corrected chi connectivity index (χ3v) is 5.00. The molecular weight excluding hydrogens is 390 g/mol.